The molecule has 0 saturated heterocycles. The number of nitrogens with two attached hydrogens (primary N) is 2. The fourth-order valence-electron chi connectivity index (χ4n) is 0.701. The highest BCUT2D eigenvalue weighted by atomic mass is 16.4. The summed E-state index contributed by atoms with van der Waals surface area (Å²) < 4.78 is 0. The number of rotatable bonds is 3. The molecule has 8 heteroatoms. The molecular formula is C8H17N3O5. The van der Waals surface area contributed by atoms with Crippen LogP contribution in [0.4, 0.5) is 9.59 Å². The van der Waals surface area contributed by atoms with Crippen molar-refractivity contribution in [3.8, 4) is 0 Å². The zero-order valence-electron chi connectivity index (χ0n) is 9.14. The molecule has 16 heavy (non-hydrogen) atoms. The second kappa shape index (κ2) is 8.48. The number of hydrogen-bond donors (Lipinski definition) is 5. The molecule has 0 aromatic heterocycles. The Hall–Kier alpha value is -1.83. The van der Waals surface area contributed by atoms with Crippen LogP contribution < -0.4 is 16.8 Å². The van der Waals surface area contributed by atoms with E-state index in [0.717, 1.165) is 6.42 Å². The Morgan fingerprint density at radius 1 is 1.31 bits per heavy atom. The van der Waals surface area contributed by atoms with Crippen molar-refractivity contribution in [3.63, 3.8) is 0 Å². The maximum Gasteiger partial charge on any atom is 0.411 e. The number of carbonyl (C=O) groups is 3. The summed E-state index contributed by atoms with van der Waals surface area (Å²) in [6.45, 7) is 3.69. The lowest BCUT2D eigenvalue weighted by Gasteiger charge is -2.15. The molecule has 2 atom stereocenters. The van der Waals surface area contributed by atoms with Crippen LogP contribution in [0.3, 0.4) is 0 Å². The molecule has 0 bridgehead atoms. The molecule has 0 aliphatic heterocycles. The lowest BCUT2D eigenvalue weighted by molar-refractivity contribution is -0.122. The van der Waals surface area contributed by atoms with Crippen LogP contribution in [-0.2, 0) is 4.79 Å². The molecule has 94 valence electrons. The molecule has 8 nitrogen and oxygen atoms in total. The fraction of sp³-hybridized carbons (Fsp3) is 0.625. The topological polar surface area (TPSA) is 156 Å². The molecular weight excluding hydrogens is 218 g/mol. The van der Waals surface area contributed by atoms with Gasteiger partial charge in [0.1, 0.15) is 0 Å². The normalized spacial score (nSPS) is 12.7. The number of nitrogens with one attached hydrogen (secondary N) is 1. The second-order valence-corrected chi connectivity index (χ2v) is 3.04. The number of amides is 3. The first-order valence-corrected chi connectivity index (χ1v) is 4.50. The average Bonchev–Trinajstić information content (AvgIpc) is 2.13. The Morgan fingerprint density at radius 3 is 1.94 bits per heavy atom. The maximum atomic E-state index is 10.9. The van der Waals surface area contributed by atoms with Crippen LogP contribution in [0.25, 0.3) is 0 Å². The smallest absolute Gasteiger partial charge is 0.411 e. The van der Waals surface area contributed by atoms with Crippen LogP contribution >= 0.6 is 0 Å². The van der Waals surface area contributed by atoms with Crippen LogP contribution in [0.1, 0.15) is 20.3 Å². The predicted octanol–water partition coefficient (Wildman–Crippen LogP) is -0.223. The van der Waals surface area contributed by atoms with E-state index < -0.39 is 24.1 Å². The van der Waals surface area contributed by atoms with Crippen molar-refractivity contribution < 1.29 is 24.6 Å². The Labute approximate surface area is 92.6 Å². The maximum absolute atomic E-state index is 10.9. The van der Waals surface area contributed by atoms with E-state index in [1.807, 2.05) is 6.92 Å². The highest BCUT2D eigenvalue weighted by Crippen LogP contribution is 2.04. The molecule has 0 radical (unpaired) electrons. The molecule has 0 aromatic carbocycles. The summed E-state index contributed by atoms with van der Waals surface area (Å²) in [5.41, 5.74) is 9.47. The average molecular weight is 235 g/mol. The molecule has 0 heterocycles. The van der Waals surface area contributed by atoms with Gasteiger partial charge >= 0.3 is 12.2 Å². The van der Waals surface area contributed by atoms with Gasteiger partial charge in [-0.2, -0.15) is 0 Å². The standard InChI is InChI=1S/C7H14N2O3.CH3NO2/c1-3-4(2)5(8)6(10)9-7(11)12;2-1(3)4/h4-5H,3,8H2,1-2H3,(H,9,10)(H,11,12);2H2,(H,3,4)/t4-,5-;/m0./s1. The van der Waals surface area contributed by atoms with Crippen molar-refractivity contribution in [2.75, 3.05) is 0 Å². The lowest BCUT2D eigenvalue weighted by atomic mass is 10.00. The van der Waals surface area contributed by atoms with Gasteiger partial charge in [-0.05, 0) is 5.92 Å². The first-order valence-electron chi connectivity index (χ1n) is 4.50. The van der Waals surface area contributed by atoms with E-state index in [1.165, 1.54) is 0 Å². The van der Waals surface area contributed by atoms with Crippen LogP contribution in [-0.4, -0.2) is 34.3 Å². The van der Waals surface area contributed by atoms with Crippen molar-refractivity contribution in [3.05, 3.63) is 0 Å². The van der Waals surface area contributed by atoms with E-state index in [0.29, 0.717) is 0 Å². The van der Waals surface area contributed by atoms with Gasteiger partial charge in [0.15, 0.2) is 0 Å². The Bertz CT molecular complexity index is 252. The molecule has 0 spiro atoms. The SMILES string of the molecule is CC[C@H](C)[C@H](N)C(=O)NC(=O)O.NC(=O)O. The van der Waals surface area contributed by atoms with Crippen LogP contribution in [0.2, 0.25) is 0 Å². The number of carboxylic acid groups (broad SMARTS) is 2. The zero-order valence-corrected chi connectivity index (χ0v) is 9.14. The van der Waals surface area contributed by atoms with Gasteiger partial charge < -0.3 is 21.7 Å². The first kappa shape index (κ1) is 16.6. The van der Waals surface area contributed by atoms with E-state index in [4.69, 9.17) is 20.7 Å². The second-order valence-electron chi connectivity index (χ2n) is 3.04. The summed E-state index contributed by atoms with van der Waals surface area (Å²) in [6, 6.07) is -0.744. The van der Waals surface area contributed by atoms with Gasteiger partial charge in [0.25, 0.3) is 0 Å². The van der Waals surface area contributed by atoms with Gasteiger partial charge in [-0.15, -0.1) is 0 Å². The molecule has 0 fully saturated rings. The molecule has 0 aliphatic rings. The molecule has 7 N–H and O–H groups in total. The number of primary amides is 1. The Kier molecular flexibility index (Phi) is 8.79. The Balaban J connectivity index is 0. The Morgan fingerprint density at radius 2 is 1.69 bits per heavy atom. The monoisotopic (exact) mass is 235 g/mol. The van der Waals surface area contributed by atoms with Gasteiger partial charge in [0, 0.05) is 0 Å². The number of imide groups is 1. The summed E-state index contributed by atoms with van der Waals surface area (Å²) in [7, 11) is 0. The summed E-state index contributed by atoms with van der Waals surface area (Å²) >= 11 is 0. The van der Waals surface area contributed by atoms with Crippen molar-refractivity contribution in [2.45, 2.75) is 26.3 Å². The molecule has 0 rings (SSSR count). The van der Waals surface area contributed by atoms with E-state index >= 15 is 0 Å². The van der Waals surface area contributed by atoms with Gasteiger partial charge in [0.2, 0.25) is 5.91 Å². The van der Waals surface area contributed by atoms with E-state index in [1.54, 1.807) is 12.2 Å². The van der Waals surface area contributed by atoms with Crippen molar-refractivity contribution in [2.24, 2.45) is 17.4 Å². The quantitative estimate of drug-likeness (QED) is 0.455. The highest BCUT2D eigenvalue weighted by molar-refractivity contribution is 5.94. The number of carbonyl (C=O) groups excluding carboxylic acids is 1. The summed E-state index contributed by atoms with van der Waals surface area (Å²) in [5.74, 6) is -0.652. The first-order chi connectivity index (χ1) is 7.22. The third-order valence-corrected chi connectivity index (χ3v) is 1.79. The molecule has 0 unspecified atom stereocenters. The molecule has 0 aliphatic carbocycles. The van der Waals surface area contributed by atoms with E-state index in [2.05, 4.69) is 5.73 Å². The minimum Gasteiger partial charge on any atom is -0.465 e. The number of hydrogen-bond acceptors (Lipinski definition) is 4. The predicted molar refractivity (Wildman–Crippen MR) is 55.8 cm³/mol. The highest BCUT2D eigenvalue weighted by Gasteiger charge is 2.20. The van der Waals surface area contributed by atoms with E-state index in [9.17, 15) is 9.59 Å². The van der Waals surface area contributed by atoms with Crippen LogP contribution in [0, 0.1) is 5.92 Å². The van der Waals surface area contributed by atoms with Gasteiger partial charge in [-0.3, -0.25) is 10.1 Å². The fourth-order valence-corrected chi connectivity index (χ4v) is 0.701. The van der Waals surface area contributed by atoms with Crippen molar-refractivity contribution in [1.82, 2.24) is 5.32 Å². The largest absolute Gasteiger partial charge is 0.465 e. The van der Waals surface area contributed by atoms with Crippen molar-refractivity contribution >= 4 is 18.1 Å². The summed E-state index contributed by atoms with van der Waals surface area (Å²) in [6.07, 6.45) is -1.95. The van der Waals surface area contributed by atoms with Gasteiger partial charge in [0.05, 0.1) is 6.04 Å². The summed E-state index contributed by atoms with van der Waals surface area (Å²) in [5, 5.41) is 17.1. The van der Waals surface area contributed by atoms with Gasteiger partial charge in [-0.1, -0.05) is 20.3 Å². The van der Waals surface area contributed by atoms with Crippen molar-refractivity contribution in [1.29, 1.82) is 0 Å². The van der Waals surface area contributed by atoms with E-state index in [-0.39, 0.29) is 5.92 Å². The minimum atomic E-state index is -1.36. The molecule has 0 aromatic rings. The van der Waals surface area contributed by atoms with Crippen LogP contribution in [0.5, 0.6) is 0 Å². The zero-order chi connectivity index (χ0) is 13.3. The van der Waals surface area contributed by atoms with Gasteiger partial charge in [-0.25, -0.2) is 9.59 Å². The molecule has 3 amide bonds. The minimum absolute atomic E-state index is 0.00986. The molecule has 0 saturated carbocycles. The third-order valence-electron chi connectivity index (χ3n) is 1.79. The summed E-state index contributed by atoms with van der Waals surface area (Å²) in [4.78, 5) is 29.8. The van der Waals surface area contributed by atoms with Crippen LogP contribution in [0.15, 0.2) is 0 Å². The lowest BCUT2D eigenvalue weighted by Crippen LogP contribution is -2.46. The third kappa shape index (κ3) is 10.3.